The van der Waals surface area contributed by atoms with Crippen molar-refractivity contribution in [2.24, 2.45) is 0 Å². The number of hydrogen-bond acceptors (Lipinski definition) is 3. The third-order valence-corrected chi connectivity index (χ3v) is 4.60. The molecule has 3 aromatic rings. The number of benzene rings is 2. The van der Waals surface area contributed by atoms with Crippen LogP contribution in [0.15, 0.2) is 54.6 Å². The quantitative estimate of drug-likeness (QED) is 0.607. The third-order valence-electron chi connectivity index (χ3n) is 4.27. The number of para-hydroxylation sites is 1. The molecule has 1 amide bonds. The number of hydrogen-bond donors (Lipinski definition) is 0. The minimum absolute atomic E-state index is 0.0323. The molecule has 0 aliphatic carbocycles. The Hall–Kier alpha value is -2.43. The highest BCUT2D eigenvalue weighted by Crippen LogP contribution is 2.24. The van der Waals surface area contributed by atoms with Crippen molar-refractivity contribution in [1.82, 2.24) is 9.88 Å². The van der Waals surface area contributed by atoms with Gasteiger partial charge in [0.1, 0.15) is 11.8 Å². The van der Waals surface area contributed by atoms with Crippen LogP contribution >= 0.6 is 11.6 Å². The topological polar surface area (TPSA) is 42.4 Å². The Morgan fingerprint density at radius 2 is 1.88 bits per heavy atom. The van der Waals surface area contributed by atoms with Crippen LogP contribution in [-0.4, -0.2) is 29.5 Å². The highest BCUT2D eigenvalue weighted by Gasteiger charge is 2.17. The van der Waals surface area contributed by atoms with Gasteiger partial charge in [-0.15, -0.1) is 0 Å². The van der Waals surface area contributed by atoms with Crippen molar-refractivity contribution in [3.63, 3.8) is 0 Å². The normalized spacial score (nSPS) is 10.9. The first-order valence-corrected chi connectivity index (χ1v) is 8.81. The van der Waals surface area contributed by atoms with E-state index in [0.29, 0.717) is 18.2 Å². The molecule has 134 valence electrons. The van der Waals surface area contributed by atoms with Crippen molar-refractivity contribution in [3.8, 4) is 0 Å². The van der Waals surface area contributed by atoms with E-state index in [4.69, 9.17) is 16.3 Å². The van der Waals surface area contributed by atoms with Crippen LogP contribution in [0.2, 0.25) is 5.15 Å². The Bertz CT molecular complexity index is 913. The summed E-state index contributed by atoms with van der Waals surface area (Å²) in [7, 11) is 1.52. The van der Waals surface area contributed by atoms with Gasteiger partial charge in [-0.3, -0.25) is 4.79 Å². The molecule has 0 bridgehead atoms. The molecular formula is C21H21ClN2O2. The highest BCUT2D eigenvalue weighted by atomic mass is 35.5. The lowest BCUT2D eigenvalue weighted by Gasteiger charge is -2.23. The second-order valence-corrected chi connectivity index (χ2v) is 6.61. The van der Waals surface area contributed by atoms with Crippen molar-refractivity contribution < 1.29 is 9.53 Å². The van der Waals surface area contributed by atoms with Gasteiger partial charge < -0.3 is 9.64 Å². The number of methoxy groups -OCH3 is 1. The van der Waals surface area contributed by atoms with E-state index >= 15 is 0 Å². The van der Waals surface area contributed by atoms with E-state index in [0.717, 1.165) is 27.6 Å². The van der Waals surface area contributed by atoms with Gasteiger partial charge in [-0.1, -0.05) is 60.1 Å². The van der Waals surface area contributed by atoms with Gasteiger partial charge in [-0.2, -0.15) is 0 Å². The van der Waals surface area contributed by atoms with E-state index in [1.807, 2.05) is 61.5 Å². The number of rotatable bonds is 6. The summed E-state index contributed by atoms with van der Waals surface area (Å²) in [5, 5.41) is 1.44. The number of aryl methyl sites for hydroxylation is 1. The molecule has 1 heterocycles. The van der Waals surface area contributed by atoms with E-state index in [1.165, 1.54) is 7.11 Å². The fourth-order valence-electron chi connectivity index (χ4n) is 2.94. The van der Waals surface area contributed by atoms with Crippen molar-refractivity contribution in [3.05, 3.63) is 76.4 Å². The van der Waals surface area contributed by atoms with Gasteiger partial charge >= 0.3 is 0 Å². The van der Waals surface area contributed by atoms with Crippen LogP contribution in [0, 0.1) is 6.92 Å². The molecule has 0 aliphatic rings. The predicted molar refractivity (Wildman–Crippen MR) is 104 cm³/mol. The van der Waals surface area contributed by atoms with Gasteiger partial charge in [-0.05, 0) is 24.1 Å². The number of ether oxygens (including phenoxy) is 1. The van der Waals surface area contributed by atoms with Gasteiger partial charge in [0, 0.05) is 31.1 Å². The summed E-state index contributed by atoms with van der Waals surface area (Å²) in [6.45, 7) is 2.91. The molecule has 1 aromatic heterocycles. The number of carbonyl (C=O) groups is 1. The number of nitrogens with zero attached hydrogens (tertiary/aromatic N) is 2. The van der Waals surface area contributed by atoms with E-state index in [-0.39, 0.29) is 12.5 Å². The fourth-order valence-corrected chi connectivity index (χ4v) is 3.13. The van der Waals surface area contributed by atoms with Gasteiger partial charge in [0.15, 0.2) is 0 Å². The molecule has 4 nitrogen and oxygen atoms in total. The standard InChI is InChI=1S/C21H21ClN2O2/c1-15-7-6-10-17-11-18(21(22)23-20(15)17)13-24(19(25)14-26-2)12-16-8-4-3-5-9-16/h3-11H,12-14H2,1-2H3. The van der Waals surface area contributed by atoms with E-state index in [9.17, 15) is 4.79 Å². The summed E-state index contributed by atoms with van der Waals surface area (Å²) in [6.07, 6.45) is 0. The maximum Gasteiger partial charge on any atom is 0.249 e. The van der Waals surface area contributed by atoms with Crippen LogP contribution in [0.3, 0.4) is 0 Å². The molecule has 0 atom stereocenters. The first kappa shape index (κ1) is 18.4. The molecule has 0 saturated carbocycles. The van der Waals surface area contributed by atoms with Crippen molar-refractivity contribution >= 4 is 28.4 Å². The maximum atomic E-state index is 12.5. The Morgan fingerprint density at radius 3 is 2.62 bits per heavy atom. The molecule has 0 unspecified atom stereocenters. The van der Waals surface area contributed by atoms with Gasteiger partial charge in [0.25, 0.3) is 0 Å². The zero-order chi connectivity index (χ0) is 18.5. The lowest BCUT2D eigenvalue weighted by molar-refractivity contribution is -0.136. The fraction of sp³-hybridized carbons (Fsp3) is 0.238. The summed E-state index contributed by atoms with van der Waals surface area (Å²) >= 11 is 6.42. The monoisotopic (exact) mass is 368 g/mol. The number of fused-ring (bicyclic) bond motifs is 1. The highest BCUT2D eigenvalue weighted by molar-refractivity contribution is 6.30. The molecule has 26 heavy (non-hydrogen) atoms. The van der Waals surface area contributed by atoms with Crippen molar-refractivity contribution in [2.45, 2.75) is 20.0 Å². The SMILES string of the molecule is COCC(=O)N(Cc1ccccc1)Cc1cc2cccc(C)c2nc1Cl. The number of aromatic nitrogens is 1. The molecular weight excluding hydrogens is 348 g/mol. The molecule has 0 saturated heterocycles. The van der Waals surface area contributed by atoms with Crippen LogP contribution < -0.4 is 0 Å². The summed E-state index contributed by atoms with van der Waals surface area (Å²) in [5.41, 5.74) is 3.84. The molecule has 2 aromatic carbocycles. The molecule has 0 spiro atoms. The minimum Gasteiger partial charge on any atom is -0.375 e. The van der Waals surface area contributed by atoms with E-state index in [2.05, 4.69) is 4.98 Å². The first-order chi connectivity index (χ1) is 12.6. The predicted octanol–water partition coefficient (Wildman–Crippen LogP) is 4.37. The summed E-state index contributed by atoms with van der Waals surface area (Å²) < 4.78 is 5.04. The van der Waals surface area contributed by atoms with Crippen molar-refractivity contribution in [2.75, 3.05) is 13.7 Å². The van der Waals surface area contributed by atoms with Gasteiger partial charge in [0.05, 0.1) is 5.52 Å². The minimum atomic E-state index is -0.0863. The molecule has 3 rings (SSSR count). The number of halogens is 1. The number of amides is 1. The van der Waals surface area contributed by atoms with Crippen LogP contribution in [0.25, 0.3) is 10.9 Å². The maximum absolute atomic E-state index is 12.5. The second-order valence-electron chi connectivity index (χ2n) is 6.25. The van der Waals surface area contributed by atoms with Crippen LogP contribution in [0.1, 0.15) is 16.7 Å². The Balaban J connectivity index is 1.91. The molecule has 0 N–H and O–H groups in total. The third kappa shape index (κ3) is 4.21. The Morgan fingerprint density at radius 1 is 1.12 bits per heavy atom. The van der Waals surface area contributed by atoms with E-state index < -0.39 is 0 Å². The van der Waals surface area contributed by atoms with Gasteiger partial charge in [0.2, 0.25) is 5.91 Å². The zero-order valence-corrected chi connectivity index (χ0v) is 15.7. The zero-order valence-electron chi connectivity index (χ0n) is 14.9. The summed E-state index contributed by atoms with van der Waals surface area (Å²) in [4.78, 5) is 18.8. The Labute approximate surface area is 158 Å². The van der Waals surface area contributed by atoms with Gasteiger partial charge in [-0.25, -0.2) is 4.98 Å². The number of pyridine rings is 1. The smallest absolute Gasteiger partial charge is 0.249 e. The average Bonchev–Trinajstić information content (AvgIpc) is 2.63. The van der Waals surface area contributed by atoms with Crippen molar-refractivity contribution in [1.29, 1.82) is 0 Å². The average molecular weight is 369 g/mol. The van der Waals surface area contributed by atoms with Crippen LogP contribution in [-0.2, 0) is 22.6 Å². The summed E-state index contributed by atoms with van der Waals surface area (Å²) in [5.74, 6) is -0.0863. The Kier molecular flexibility index (Phi) is 5.86. The first-order valence-electron chi connectivity index (χ1n) is 8.44. The van der Waals surface area contributed by atoms with Crippen LogP contribution in [0.5, 0.6) is 0 Å². The largest absolute Gasteiger partial charge is 0.375 e. The molecule has 5 heteroatoms. The lowest BCUT2D eigenvalue weighted by Crippen LogP contribution is -2.33. The van der Waals surface area contributed by atoms with Crippen LogP contribution in [0.4, 0.5) is 0 Å². The lowest BCUT2D eigenvalue weighted by atomic mass is 10.1. The van der Waals surface area contributed by atoms with E-state index in [1.54, 1.807) is 4.90 Å². The summed E-state index contributed by atoms with van der Waals surface area (Å²) in [6, 6.07) is 17.9. The molecule has 0 aliphatic heterocycles. The molecule has 0 fully saturated rings. The second kappa shape index (κ2) is 8.30. The molecule has 0 radical (unpaired) electrons. The number of carbonyl (C=O) groups excluding carboxylic acids is 1.